The highest BCUT2D eigenvalue weighted by molar-refractivity contribution is 5.59. The molecule has 1 heterocycles. The van der Waals surface area contributed by atoms with E-state index in [0.29, 0.717) is 23.5 Å². The van der Waals surface area contributed by atoms with Crippen LogP contribution in [0.1, 0.15) is 5.69 Å². The number of hydrogen-bond acceptors (Lipinski definition) is 2. The zero-order chi connectivity index (χ0) is 11.5. The fourth-order valence-electron chi connectivity index (χ4n) is 1.46. The van der Waals surface area contributed by atoms with Crippen LogP contribution in [0.15, 0.2) is 36.4 Å². The highest BCUT2D eigenvalue weighted by Crippen LogP contribution is 2.19. The second kappa shape index (κ2) is 4.37. The Kier molecular flexibility index (Phi) is 2.92. The number of halogens is 2. The second-order valence-electron chi connectivity index (χ2n) is 3.38. The summed E-state index contributed by atoms with van der Waals surface area (Å²) in [6, 6.07) is 8.52. The number of benzene rings is 1. The third-order valence-corrected chi connectivity index (χ3v) is 2.17. The molecule has 0 aliphatic carbocycles. The van der Waals surface area contributed by atoms with Gasteiger partial charge >= 0.3 is 0 Å². The second-order valence-corrected chi connectivity index (χ2v) is 3.38. The van der Waals surface area contributed by atoms with Gasteiger partial charge in [-0.25, -0.2) is 8.78 Å². The fraction of sp³-hybridized carbons (Fsp3) is 0.0833. The molecule has 2 aromatic rings. The molecule has 0 aliphatic heterocycles. The molecule has 0 unspecified atom stereocenters. The Bertz CT molecular complexity index is 492. The van der Waals surface area contributed by atoms with Gasteiger partial charge in [0.05, 0.1) is 11.4 Å². The van der Waals surface area contributed by atoms with Gasteiger partial charge in [0.2, 0.25) is 0 Å². The summed E-state index contributed by atoms with van der Waals surface area (Å²) in [6.07, 6.45) is 0. The smallest absolute Gasteiger partial charge is 0.126 e. The number of aromatic nitrogens is 1. The van der Waals surface area contributed by atoms with Crippen molar-refractivity contribution in [2.45, 2.75) is 6.54 Å². The van der Waals surface area contributed by atoms with Gasteiger partial charge in [-0.3, -0.25) is 4.98 Å². The number of rotatable bonds is 2. The lowest BCUT2D eigenvalue weighted by Gasteiger charge is -2.03. The van der Waals surface area contributed by atoms with E-state index in [1.54, 1.807) is 18.2 Å². The molecule has 4 heteroatoms. The van der Waals surface area contributed by atoms with Gasteiger partial charge < -0.3 is 5.73 Å². The molecule has 0 radical (unpaired) electrons. The summed E-state index contributed by atoms with van der Waals surface area (Å²) in [7, 11) is 0. The van der Waals surface area contributed by atoms with Gasteiger partial charge in [-0.05, 0) is 24.3 Å². The Hall–Kier alpha value is -1.81. The molecule has 16 heavy (non-hydrogen) atoms. The lowest BCUT2D eigenvalue weighted by Crippen LogP contribution is -2.00. The van der Waals surface area contributed by atoms with Crippen LogP contribution in [0.2, 0.25) is 0 Å². The summed E-state index contributed by atoms with van der Waals surface area (Å²) in [6.45, 7) is 0.297. The highest BCUT2D eigenvalue weighted by atomic mass is 19.1. The maximum atomic E-state index is 13.0. The van der Waals surface area contributed by atoms with Crippen molar-refractivity contribution in [1.82, 2.24) is 4.98 Å². The monoisotopic (exact) mass is 220 g/mol. The lowest BCUT2D eigenvalue weighted by atomic mass is 10.1. The van der Waals surface area contributed by atoms with Gasteiger partial charge in [-0.2, -0.15) is 0 Å². The highest BCUT2D eigenvalue weighted by Gasteiger charge is 2.04. The van der Waals surface area contributed by atoms with Crippen LogP contribution in [0.4, 0.5) is 8.78 Å². The Morgan fingerprint density at radius 2 is 1.75 bits per heavy atom. The minimum atomic E-state index is -0.616. The predicted octanol–water partition coefficient (Wildman–Crippen LogP) is 2.49. The van der Waals surface area contributed by atoms with Gasteiger partial charge in [-0.15, -0.1) is 0 Å². The molecule has 2 N–H and O–H groups in total. The van der Waals surface area contributed by atoms with Gasteiger partial charge in [0.1, 0.15) is 11.6 Å². The van der Waals surface area contributed by atoms with E-state index in [-0.39, 0.29) is 0 Å². The van der Waals surface area contributed by atoms with Crippen LogP contribution in [0.3, 0.4) is 0 Å². The Morgan fingerprint density at radius 3 is 2.38 bits per heavy atom. The minimum absolute atomic E-state index is 0.297. The summed E-state index contributed by atoms with van der Waals surface area (Å²) in [5.41, 5.74) is 7.05. The molecule has 2 nitrogen and oxygen atoms in total. The molecule has 0 aliphatic rings. The summed E-state index contributed by atoms with van der Waals surface area (Å²) < 4.78 is 26.0. The maximum absolute atomic E-state index is 13.0. The van der Waals surface area contributed by atoms with E-state index in [2.05, 4.69) is 4.98 Å². The average molecular weight is 220 g/mol. The molecule has 0 spiro atoms. The first-order chi connectivity index (χ1) is 7.69. The normalized spacial score (nSPS) is 10.4. The minimum Gasteiger partial charge on any atom is -0.325 e. The quantitative estimate of drug-likeness (QED) is 0.844. The van der Waals surface area contributed by atoms with Crippen LogP contribution in [0.25, 0.3) is 11.3 Å². The zero-order valence-electron chi connectivity index (χ0n) is 8.45. The van der Waals surface area contributed by atoms with E-state index in [1.807, 2.05) is 0 Å². The van der Waals surface area contributed by atoms with Crippen LogP contribution < -0.4 is 5.73 Å². The van der Waals surface area contributed by atoms with Crippen LogP contribution in [-0.2, 0) is 6.54 Å². The van der Waals surface area contributed by atoms with Gasteiger partial charge in [0.25, 0.3) is 0 Å². The van der Waals surface area contributed by atoms with E-state index >= 15 is 0 Å². The maximum Gasteiger partial charge on any atom is 0.126 e. The molecule has 1 aromatic carbocycles. The average Bonchev–Trinajstić information content (AvgIpc) is 2.28. The zero-order valence-corrected chi connectivity index (χ0v) is 8.45. The van der Waals surface area contributed by atoms with Crippen molar-refractivity contribution < 1.29 is 8.78 Å². The van der Waals surface area contributed by atoms with E-state index in [4.69, 9.17) is 5.73 Å². The Balaban J connectivity index is 2.49. The van der Waals surface area contributed by atoms with Crippen molar-refractivity contribution in [1.29, 1.82) is 0 Å². The Morgan fingerprint density at radius 1 is 1.06 bits per heavy atom. The number of nitrogens with two attached hydrogens (primary N) is 1. The van der Waals surface area contributed by atoms with E-state index in [0.717, 1.165) is 6.07 Å². The standard InChI is InChI=1S/C12H10F2N2/c13-9-4-8(5-10(14)6-9)12-3-1-2-11(7-15)16-12/h1-6H,7,15H2. The van der Waals surface area contributed by atoms with Crippen molar-refractivity contribution >= 4 is 0 Å². The van der Waals surface area contributed by atoms with Gasteiger partial charge in [-0.1, -0.05) is 6.07 Å². The molecule has 0 fully saturated rings. The molecule has 0 atom stereocenters. The first-order valence-electron chi connectivity index (χ1n) is 4.81. The lowest BCUT2D eigenvalue weighted by molar-refractivity contribution is 0.584. The first-order valence-corrected chi connectivity index (χ1v) is 4.81. The molecule has 0 saturated carbocycles. The number of pyridine rings is 1. The molecule has 0 saturated heterocycles. The molecule has 82 valence electrons. The van der Waals surface area contributed by atoms with E-state index in [1.165, 1.54) is 12.1 Å². The summed E-state index contributed by atoms with van der Waals surface area (Å²) >= 11 is 0. The molecular formula is C12H10F2N2. The van der Waals surface area contributed by atoms with Crippen LogP contribution >= 0.6 is 0 Å². The summed E-state index contributed by atoms with van der Waals surface area (Å²) in [4.78, 5) is 4.19. The molecule has 1 aromatic heterocycles. The van der Waals surface area contributed by atoms with Crippen molar-refractivity contribution in [3.05, 3.63) is 53.7 Å². The third kappa shape index (κ3) is 2.23. The first kappa shape index (κ1) is 10.7. The van der Waals surface area contributed by atoms with Gasteiger partial charge in [0.15, 0.2) is 0 Å². The number of hydrogen-bond donors (Lipinski definition) is 1. The van der Waals surface area contributed by atoms with Crippen LogP contribution in [0.5, 0.6) is 0 Å². The predicted molar refractivity (Wildman–Crippen MR) is 57.5 cm³/mol. The van der Waals surface area contributed by atoms with Gasteiger partial charge in [0, 0.05) is 18.2 Å². The topological polar surface area (TPSA) is 38.9 Å². The van der Waals surface area contributed by atoms with Crippen LogP contribution in [0, 0.1) is 11.6 Å². The van der Waals surface area contributed by atoms with Crippen molar-refractivity contribution in [2.24, 2.45) is 5.73 Å². The van der Waals surface area contributed by atoms with Crippen LogP contribution in [-0.4, -0.2) is 4.98 Å². The summed E-state index contributed by atoms with van der Waals surface area (Å²) in [5.74, 6) is -1.23. The van der Waals surface area contributed by atoms with Crippen molar-refractivity contribution in [3.63, 3.8) is 0 Å². The molecular weight excluding hydrogens is 210 g/mol. The van der Waals surface area contributed by atoms with Crippen molar-refractivity contribution in [2.75, 3.05) is 0 Å². The van der Waals surface area contributed by atoms with Crippen molar-refractivity contribution in [3.8, 4) is 11.3 Å². The van der Waals surface area contributed by atoms with E-state index < -0.39 is 11.6 Å². The fourth-order valence-corrected chi connectivity index (χ4v) is 1.46. The van der Waals surface area contributed by atoms with E-state index in [9.17, 15) is 8.78 Å². The number of nitrogens with zero attached hydrogens (tertiary/aromatic N) is 1. The third-order valence-electron chi connectivity index (χ3n) is 2.17. The molecule has 0 bridgehead atoms. The molecule has 0 amide bonds. The summed E-state index contributed by atoms with van der Waals surface area (Å²) in [5, 5.41) is 0. The SMILES string of the molecule is NCc1cccc(-c2cc(F)cc(F)c2)n1. The largest absolute Gasteiger partial charge is 0.325 e. The Labute approximate surface area is 91.7 Å². The molecule has 2 rings (SSSR count).